The van der Waals surface area contributed by atoms with Crippen LogP contribution < -0.4 is 5.73 Å². The van der Waals surface area contributed by atoms with E-state index in [9.17, 15) is 4.79 Å². The molecule has 0 saturated carbocycles. The highest BCUT2D eigenvalue weighted by molar-refractivity contribution is 5.75. The van der Waals surface area contributed by atoms with Gasteiger partial charge in [0.25, 0.3) is 0 Å². The van der Waals surface area contributed by atoms with Crippen molar-refractivity contribution in [1.29, 1.82) is 0 Å². The van der Waals surface area contributed by atoms with Crippen LogP contribution in [0.1, 0.15) is 34.1 Å². The monoisotopic (exact) mass is 173 g/mol. The van der Waals surface area contributed by atoms with Gasteiger partial charge in [-0.2, -0.15) is 0 Å². The number of hydrogen-bond acceptors (Lipinski definition) is 3. The smallest absolute Gasteiger partial charge is 0.323 e. The Hall–Kier alpha value is -0.570. The quantitative estimate of drug-likeness (QED) is 0.652. The highest BCUT2D eigenvalue weighted by Gasteiger charge is 2.21. The molecule has 0 saturated heterocycles. The van der Waals surface area contributed by atoms with E-state index in [2.05, 4.69) is 0 Å². The van der Waals surface area contributed by atoms with Crippen LogP contribution in [-0.4, -0.2) is 18.1 Å². The van der Waals surface area contributed by atoms with Crippen LogP contribution >= 0.6 is 0 Å². The van der Waals surface area contributed by atoms with Crippen molar-refractivity contribution in [3.05, 3.63) is 0 Å². The van der Waals surface area contributed by atoms with E-state index in [0.717, 1.165) is 6.42 Å². The molecule has 0 bridgehead atoms. The molecule has 0 fully saturated rings. The van der Waals surface area contributed by atoms with Crippen LogP contribution in [-0.2, 0) is 9.53 Å². The molecule has 0 aromatic rings. The Bertz CT molecular complexity index is 145. The lowest BCUT2D eigenvalue weighted by Crippen LogP contribution is -2.39. The van der Waals surface area contributed by atoms with Crippen LogP contribution in [0.2, 0.25) is 0 Å². The van der Waals surface area contributed by atoms with Gasteiger partial charge in [0.1, 0.15) is 6.04 Å². The summed E-state index contributed by atoms with van der Waals surface area (Å²) in [4.78, 5) is 11.2. The fourth-order valence-corrected chi connectivity index (χ4v) is 0.797. The van der Waals surface area contributed by atoms with Crippen molar-refractivity contribution in [1.82, 2.24) is 0 Å². The molecule has 72 valence electrons. The maximum Gasteiger partial charge on any atom is 0.323 e. The molecule has 0 aliphatic heterocycles. The second-order valence-electron chi connectivity index (χ2n) is 3.40. The molecule has 0 aliphatic carbocycles. The molecule has 0 radical (unpaired) electrons. The van der Waals surface area contributed by atoms with Crippen molar-refractivity contribution in [3.63, 3.8) is 0 Å². The second kappa shape index (κ2) is 5.14. The Morgan fingerprint density at radius 3 is 2.25 bits per heavy atom. The van der Waals surface area contributed by atoms with E-state index in [0.29, 0.717) is 0 Å². The molecular weight excluding hydrogens is 154 g/mol. The molecule has 3 nitrogen and oxygen atoms in total. The first-order chi connectivity index (χ1) is 5.49. The summed E-state index contributed by atoms with van der Waals surface area (Å²) in [7, 11) is 0. The molecule has 0 aromatic heterocycles. The minimum absolute atomic E-state index is 0.0763. The van der Waals surface area contributed by atoms with Gasteiger partial charge in [0.05, 0.1) is 6.10 Å². The zero-order valence-electron chi connectivity index (χ0n) is 8.33. The van der Waals surface area contributed by atoms with Gasteiger partial charge in [-0.25, -0.2) is 0 Å². The lowest BCUT2D eigenvalue weighted by Gasteiger charge is -2.18. The zero-order chi connectivity index (χ0) is 9.72. The van der Waals surface area contributed by atoms with Gasteiger partial charge in [-0.15, -0.1) is 0 Å². The van der Waals surface area contributed by atoms with Crippen molar-refractivity contribution in [2.24, 2.45) is 11.7 Å². The summed E-state index contributed by atoms with van der Waals surface area (Å²) < 4.78 is 4.97. The Labute approximate surface area is 74.3 Å². The summed E-state index contributed by atoms with van der Waals surface area (Å²) in [5.41, 5.74) is 5.64. The molecule has 0 aliphatic rings. The highest BCUT2D eigenvalue weighted by Crippen LogP contribution is 2.07. The van der Waals surface area contributed by atoms with E-state index in [1.54, 1.807) is 0 Å². The van der Waals surface area contributed by atoms with E-state index < -0.39 is 6.04 Å². The SMILES string of the molecule is CCC(C)[C@H](N)C(=O)OC(C)C. The standard InChI is InChI=1S/C9H19NO2/c1-5-7(4)8(10)9(11)12-6(2)3/h6-8H,5,10H2,1-4H3/t7?,8-/m0/s1. The number of carbonyl (C=O) groups excluding carboxylic acids is 1. The van der Waals surface area contributed by atoms with E-state index in [1.807, 2.05) is 27.7 Å². The average molecular weight is 173 g/mol. The predicted octanol–water partition coefficient (Wildman–Crippen LogP) is 1.31. The first-order valence-corrected chi connectivity index (χ1v) is 4.45. The molecular formula is C9H19NO2. The van der Waals surface area contributed by atoms with E-state index in [-0.39, 0.29) is 18.0 Å². The van der Waals surface area contributed by atoms with Gasteiger partial charge >= 0.3 is 5.97 Å². The van der Waals surface area contributed by atoms with Crippen LogP contribution in [0.4, 0.5) is 0 Å². The van der Waals surface area contributed by atoms with Gasteiger partial charge in [0.15, 0.2) is 0 Å². The summed E-state index contributed by atoms with van der Waals surface area (Å²) >= 11 is 0. The Kier molecular flexibility index (Phi) is 4.90. The largest absolute Gasteiger partial charge is 0.462 e. The van der Waals surface area contributed by atoms with Crippen LogP contribution in [0.15, 0.2) is 0 Å². The molecule has 0 heterocycles. The third-order valence-corrected chi connectivity index (χ3v) is 1.88. The summed E-state index contributed by atoms with van der Waals surface area (Å²) in [5, 5.41) is 0. The molecule has 0 rings (SSSR count). The minimum Gasteiger partial charge on any atom is -0.462 e. The third-order valence-electron chi connectivity index (χ3n) is 1.88. The second-order valence-corrected chi connectivity index (χ2v) is 3.40. The molecule has 12 heavy (non-hydrogen) atoms. The normalized spacial score (nSPS) is 15.8. The van der Waals surface area contributed by atoms with Gasteiger partial charge in [0, 0.05) is 0 Å². The molecule has 2 N–H and O–H groups in total. The Morgan fingerprint density at radius 2 is 1.92 bits per heavy atom. The van der Waals surface area contributed by atoms with E-state index in [1.165, 1.54) is 0 Å². The fourth-order valence-electron chi connectivity index (χ4n) is 0.797. The number of hydrogen-bond donors (Lipinski definition) is 1. The number of carbonyl (C=O) groups is 1. The fraction of sp³-hybridized carbons (Fsp3) is 0.889. The van der Waals surface area contributed by atoms with Crippen LogP contribution in [0.3, 0.4) is 0 Å². The number of ether oxygens (including phenoxy) is 1. The first kappa shape index (κ1) is 11.4. The highest BCUT2D eigenvalue weighted by atomic mass is 16.5. The molecule has 3 heteroatoms. The van der Waals surface area contributed by atoms with Crippen molar-refractivity contribution < 1.29 is 9.53 Å². The van der Waals surface area contributed by atoms with Gasteiger partial charge < -0.3 is 10.5 Å². The minimum atomic E-state index is -0.475. The molecule has 0 amide bonds. The predicted molar refractivity (Wildman–Crippen MR) is 48.7 cm³/mol. The Morgan fingerprint density at radius 1 is 1.42 bits per heavy atom. The molecule has 0 spiro atoms. The number of esters is 1. The van der Waals surface area contributed by atoms with Crippen molar-refractivity contribution in [2.45, 2.75) is 46.3 Å². The van der Waals surface area contributed by atoms with Gasteiger partial charge in [-0.3, -0.25) is 4.79 Å². The maximum absolute atomic E-state index is 11.2. The van der Waals surface area contributed by atoms with Gasteiger partial charge in [0.2, 0.25) is 0 Å². The van der Waals surface area contributed by atoms with Crippen molar-refractivity contribution >= 4 is 5.97 Å². The van der Waals surface area contributed by atoms with Crippen LogP contribution in [0.25, 0.3) is 0 Å². The molecule has 0 aromatic carbocycles. The third kappa shape index (κ3) is 3.72. The summed E-state index contributed by atoms with van der Waals surface area (Å²) in [6.45, 7) is 7.60. The first-order valence-electron chi connectivity index (χ1n) is 4.45. The van der Waals surface area contributed by atoms with Gasteiger partial charge in [-0.1, -0.05) is 20.3 Å². The lowest BCUT2D eigenvalue weighted by molar-refractivity contribution is -0.150. The number of nitrogens with two attached hydrogens (primary N) is 1. The number of rotatable bonds is 4. The maximum atomic E-state index is 11.2. The summed E-state index contributed by atoms with van der Waals surface area (Å²) in [6.07, 6.45) is 0.821. The zero-order valence-corrected chi connectivity index (χ0v) is 8.33. The van der Waals surface area contributed by atoms with E-state index >= 15 is 0 Å². The topological polar surface area (TPSA) is 52.3 Å². The average Bonchev–Trinajstić information content (AvgIpc) is 2.00. The van der Waals surface area contributed by atoms with Crippen LogP contribution in [0, 0.1) is 5.92 Å². The summed E-state index contributed by atoms with van der Waals surface area (Å²) in [5.74, 6) is -0.101. The lowest BCUT2D eigenvalue weighted by atomic mass is 10.0. The van der Waals surface area contributed by atoms with Crippen molar-refractivity contribution in [2.75, 3.05) is 0 Å². The van der Waals surface area contributed by atoms with Crippen LogP contribution in [0.5, 0.6) is 0 Å². The van der Waals surface area contributed by atoms with Gasteiger partial charge in [-0.05, 0) is 19.8 Å². The molecule has 1 unspecified atom stereocenters. The van der Waals surface area contributed by atoms with Crippen molar-refractivity contribution in [3.8, 4) is 0 Å². The van der Waals surface area contributed by atoms with E-state index in [4.69, 9.17) is 10.5 Å². The Balaban J connectivity index is 3.92. The molecule has 2 atom stereocenters. The summed E-state index contributed by atoms with van der Waals surface area (Å²) in [6, 6.07) is -0.475.